The van der Waals surface area contributed by atoms with E-state index in [0.29, 0.717) is 24.7 Å². The van der Waals surface area contributed by atoms with Gasteiger partial charge in [0.2, 0.25) is 5.95 Å². The number of urea groups is 1. The van der Waals surface area contributed by atoms with Gasteiger partial charge in [0.25, 0.3) is 0 Å². The number of carbonyl (C=O) groups excluding carboxylic acids is 3. The van der Waals surface area contributed by atoms with Gasteiger partial charge in [0.15, 0.2) is 0 Å². The molecule has 0 bridgehead atoms. The molecule has 1 aromatic heterocycles. The van der Waals surface area contributed by atoms with E-state index in [1.807, 2.05) is 42.5 Å². The van der Waals surface area contributed by atoms with Crippen molar-refractivity contribution in [1.82, 2.24) is 30.0 Å². The van der Waals surface area contributed by atoms with Crippen LogP contribution >= 0.6 is 0 Å². The highest BCUT2D eigenvalue weighted by molar-refractivity contribution is 5.93. The molecule has 14 heteroatoms. The zero-order chi connectivity index (χ0) is 35.4. The van der Waals surface area contributed by atoms with E-state index >= 15 is 0 Å². The van der Waals surface area contributed by atoms with E-state index < -0.39 is 29.9 Å². The zero-order valence-electron chi connectivity index (χ0n) is 29.5. The van der Waals surface area contributed by atoms with Crippen LogP contribution in [0.4, 0.5) is 37.5 Å². The first-order chi connectivity index (χ1) is 23.9. The van der Waals surface area contributed by atoms with Gasteiger partial charge in [-0.1, -0.05) is 30.3 Å². The molecule has 2 fully saturated rings. The van der Waals surface area contributed by atoms with Crippen molar-refractivity contribution in [3.63, 3.8) is 0 Å². The van der Waals surface area contributed by atoms with Gasteiger partial charge in [-0.3, -0.25) is 4.90 Å². The molecule has 4 heterocycles. The molecule has 2 saturated heterocycles. The highest BCUT2D eigenvalue weighted by Crippen LogP contribution is 2.31. The van der Waals surface area contributed by atoms with Gasteiger partial charge in [-0.05, 0) is 64.1 Å². The normalized spacial score (nSPS) is 19.9. The van der Waals surface area contributed by atoms with Gasteiger partial charge >= 0.3 is 18.2 Å². The van der Waals surface area contributed by atoms with E-state index in [9.17, 15) is 14.4 Å². The molecule has 0 unspecified atom stereocenters. The maximum absolute atomic E-state index is 13.9. The SMILES string of the molecule is CN1CCN(c2ccc(Nc3ncc4c(n3)N(C)C(=O)N([C@H]3CCN(C(=O)OCc5ccccc5)C[C@@H]3NC(=O)OC(C)(C)C)C4)cc2)CC1. The van der Waals surface area contributed by atoms with Crippen LogP contribution in [-0.4, -0.2) is 114 Å². The summed E-state index contributed by atoms with van der Waals surface area (Å²) < 4.78 is 11.1. The Balaban J connectivity index is 1.14. The van der Waals surface area contributed by atoms with Crippen LogP contribution in [0.3, 0.4) is 0 Å². The summed E-state index contributed by atoms with van der Waals surface area (Å²) in [5, 5.41) is 6.21. The minimum absolute atomic E-state index is 0.134. The molecule has 0 saturated carbocycles. The Labute approximate surface area is 293 Å². The summed E-state index contributed by atoms with van der Waals surface area (Å²) >= 11 is 0. The predicted octanol–water partition coefficient (Wildman–Crippen LogP) is 4.65. The molecule has 3 aliphatic rings. The first kappa shape index (κ1) is 34.7. The Hall–Kier alpha value is -5.11. The molecule has 4 amide bonds. The van der Waals surface area contributed by atoms with E-state index in [1.165, 1.54) is 10.6 Å². The minimum atomic E-state index is -0.724. The fourth-order valence-corrected chi connectivity index (χ4v) is 6.49. The Morgan fingerprint density at radius 2 is 1.68 bits per heavy atom. The third-order valence-electron chi connectivity index (χ3n) is 9.17. The van der Waals surface area contributed by atoms with Crippen LogP contribution in [-0.2, 0) is 22.6 Å². The fraction of sp³-hybridized carbons (Fsp3) is 0.472. The van der Waals surface area contributed by atoms with Crippen molar-refractivity contribution >= 4 is 41.4 Å². The lowest BCUT2D eigenvalue weighted by Crippen LogP contribution is -2.64. The van der Waals surface area contributed by atoms with Gasteiger partial charge in [0.1, 0.15) is 18.0 Å². The molecule has 6 rings (SSSR count). The molecule has 0 spiro atoms. The Morgan fingerprint density at radius 3 is 2.38 bits per heavy atom. The molecule has 14 nitrogen and oxygen atoms in total. The standard InChI is InChI=1S/C36H47N9O5/c1-36(2,3)50-33(46)39-29-23-44(35(48)49-24-25-9-7-6-8-10-25)16-15-30(29)45-22-26-21-37-32(40-31(26)42(5)34(45)47)38-27-11-13-28(14-12-27)43-19-17-41(4)18-20-43/h6-14,21,29-30H,15-20,22-24H2,1-5H3,(H,39,46)(H,37,38,40)/t29-,30-/m0/s1. The number of alkyl carbamates (subject to hydrolysis) is 1. The van der Waals surface area contributed by atoms with E-state index in [1.54, 1.807) is 43.8 Å². The Bertz CT molecular complexity index is 1660. The molecule has 2 aromatic carbocycles. The quantitative estimate of drug-likeness (QED) is 0.362. The maximum Gasteiger partial charge on any atom is 0.410 e. The predicted molar refractivity (Wildman–Crippen MR) is 191 cm³/mol. The monoisotopic (exact) mass is 685 g/mol. The second-order valence-electron chi connectivity index (χ2n) is 14.1. The number of hydrogen-bond donors (Lipinski definition) is 2. The number of nitrogens with zero attached hydrogens (tertiary/aromatic N) is 7. The largest absolute Gasteiger partial charge is 0.445 e. The third-order valence-corrected chi connectivity index (χ3v) is 9.17. The van der Waals surface area contributed by atoms with Crippen LogP contribution in [0, 0.1) is 0 Å². The summed E-state index contributed by atoms with van der Waals surface area (Å²) in [7, 11) is 3.82. The average molecular weight is 686 g/mol. The summed E-state index contributed by atoms with van der Waals surface area (Å²) in [5.74, 6) is 0.896. The van der Waals surface area contributed by atoms with Crippen LogP contribution in [0.15, 0.2) is 60.8 Å². The number of rotatable bonds is 7. The smallest absolute Gasteiger partial charge is 0.410 e. The van der Waals surface area contributed by atoms with Gasteiger partial charge in [-0.25, -0.2) is 19.4 Å². The summed E-state index contributed by atoms with van der Waals surface area (Å²) in [6.45, 7) is 10.3. The molecule has 2 N–H and O–H groups in total. The molecule has 266 valence electrons. The highest BCUT2D eigenvalue weighted by atomic mass is 16.6. The van der Waals surface area contributed by atoms with Crippen LogP contribution in [0.5, 0.6) is 0 Å². The molecule has 2 atom stereocenters. The number of piperidine rings is 1. The van der Waals surface area contributed by atoms with Crippen LogP contribution in [0.1, 0.15) is 38.3 Å². The van der Waals surface area contributed by atoms with E-state index in [2.05, 4.69) is 44.6 Å². The van der Waals surface area contributed by atoms with Crippen molar-refractivity contribution in [3.8, 4) is 0 Å². The number of anilines is 4. The molecule has 0 aliphatic carbocycles. The van der Waals surface area contributed by atoms with Gasteiger partial charge in [-0.15, -0.1) is 0 Å². The number of ether oxygens (including phenoxy) is 2. The highest BCUT2D eigenvalue weighted by Gasteiger charge is 2.42. The van der Waals surface area contributed by atoms with Gasteiger partial charge in [-0.2, -0.15) is 4.98 Å². The summed E-state index contributed by atoms with van der Waals surface area (Å²) in [6.07, 6.45) is 1.03. The molecule has 3 aliphatic heterocycles. The van der Waals surface area contributed by atoms with Crippen LogP contribution in [0.2, 0.25) is 0 Å². The summed E-state index contributed by atoms with van der Waals surface area (Å²) in [5.41, 5.74) is 2.94. The number of likely N-dealkylation sites (N-methyl/N-ethyl adjacent to an activating group) is 1. The molecule has 0 radical (unpaired) electrons. The number of likely N-dealkylation sites (tertiary alicyclic amines) is 1. The summed E-state index contributed by atoms with van der Waals surface area (Å²) in [6, 6.07) is 16.3. The molecule has 3 aromatic rings. The second kappa shape index (κ2) is 14.8. The number of carbonyl (C=O) groups is 3. The number of amides is 4. The van der Waals surface area contributed by atoms with Crippen molar-refractivity contribution in [2.75, 3.05) is 68.5 Å². The first-order valence-corrected chi connectivity index (χ1v) is 17.1. The number of benzene rings is 2. The molecule has 50 heavy (non-hydrogen) atoms. The van der Waals surface area contributed by atoms with Crippen LogP contribution < -0.4 is 20.4 Å². The Morgan fingerprint density at radius 1 is 0.960 bits per heavy atom. The minimum Gasteiger partial charge on any atom is -0.445 e. The van der Waals surface area contributed by atoms with Gasteiger partial charge < -0.3 is 39.7 Å². The number of fused-ring (bicyclic) bond motifs is 1. The van der Waals surface area contributed by atoms with E-state index in [4.69, 9.17) is 14.5 Å². The van der Waals surface area contributed by atoms with Crippen molar-refractivity contribution < 1.29 is 23.9 Å². The topological polar surface area (TPSA) is 136 Å². The number of aromatic nitrogens is 2. The first-order valence-electron chi connectivity index (χ1n) is 17.1. The number of piperazine rings is 1. The second-order valence-corrected chi connectivity index (χ2v) is 14.1. The lowest BCUT2D eigenvalue weighted by atomic mass is 9.96. The van der Waals surface area contributed by atoms with Gasteiger partial charge in [0, 0.05) is 69.5 Å². The molecular weight excluding hydrogens is 638 g/mol. The van der Waals surface area contributed by atoms with E-state index in [0.717, 1.165) is 43.0 Å². The zero-order valence-corrected chi connectivity index (χ0v) is 29.5. The van der Waals surface area contributed by atoms with Gasteiger partial charge in [0.05, 0.1) is 18.6 Å². The van der Waals surface area contributed by atoms with Crippen molar-refractivity contribution in [2.45, 2.75) is 58.0 Å². The fourth-order valence-electron chi connectivity index (χ4n) is 6.49. The summed E-state index contributed by atoms with van der Waals surface area (Å²) in [4.78, 5) is 58.8. The number of hydrogen-bond acceptors (Lipinski definition) is 10. The van der Waals surface area contributed by atoms with E-state index in [-0.39, 0.29) is 25.7 Å². The maximum atomic E-state index is 13.9. The number of nitrogens with one attached hydrogen (secondary N) is 2. The molecular formula is C36H47N9O5. The van der Waals surface area contributed by atoms with Crippen molar-refractivity contribution in [2.24, 2.45) is 0 Å². The lowest BCUT2D eigenvalue weighted by molar-refractivity contribution is 0.0331. The van der Waals surface area contributed by atoms with Crippen molar-refractivity contribution in [3.05, 3.63) is 71.9 Å². The lowest BCUT2D eigenvalue weighted by Gasteiger charge is -2.46. The van der Waals surface area contributed by atoms with Crippen LogP contribution in [0.25, 0.3) is 0 Å². The average Bonchev–Trinajstić information content (AvgIpc) is 3.09. The third kappa shape index (κ3) is 8.36. The Kier molecular flexibility index (Phi) is 10.3. The van der Waals surface area contributed by atoms with Crippen molar-refractivity contribution in [1.29, 1.82) is 0 Å².